The van der Waals surface area contributed by atoms with Crippen LogP contribution in [0.5, 0.6) is 0 Å². The average Bonchev–Trinajstić information content (AvgIpc) is 2.67. The van der Waals surface area contributed by atoms with Crippen LogP contribution in [-0.2, 0) is 9.53 Å². The molecule has 1 atom stereocenters. The summed E-state index contributed by atoms with van der Waals surface area (Å²) in [5, 5.41) is 7.77. The van der Waals surface area contributed by atoms with Crippen LogP contribution >= 0.6 is 0 Å². The van der Waals surface area contributed by atoms with Gasteiger partial charge in [0.05, 0.1) is 23.8 Å². The summed E-state index contributed by atoms with van der Waals surface area (Å²) in [7, 11) is 0. The molecule has 0 spiro atoms. The van der Waals surface area contributed by atoms with Gasteiger partial charge in [-0.2, -0.15) is 0 Å². The SMILES string of the molecule is CC(C)(C)OC(=O)Nc1cc(F)c(F)cc1C(=O)NCC(=O)C(N)C1CCNCC1. The average molecular weight is 426 g/mol. The first kappa shape index (κ1) is 23.7. The molecule has 30 heavy (non-hydrogen) atoms. The zero-order valence-electron chi connectivity index (χ0n) is 17.3. The molecule has 0 aromatic heterocycles. The Morgan fingerprint density at radius 3 is 2.40 bits per heavy atom. The molecule has 8 nitrogen and oxygen atoms in total. The Morgan fingerprint density at radius 2 is 1.80 bits per heavy atom. The maximum Gasteiger partial charge on any atom is 0.412 e. The lowest BCUT2D eigenvalue weighted by Gasteiger charge is -2.27. The number of rotatable bonds is 6. The first-order valence-corrected chi connectivity index (χ1v) is 9.74. The number of carbonyl (C=O) groups excluding carboxylic acids is 3. The number of halogens is 2. The second kappa shape index (κ2) is 9.94. The van der Waals surface area contributed by atoms with E-state index in [0.717, 1.165) is 25.9 Å². The first-order chi connectivity index (χ1) is 14.0. The fourth-order valence-corrected chi connectivity index (χ4v) is 3.10. The van der Waals surface area contributed by atoms with Gasteiger partial charge in [0.25, 0.3) is 5.91 Å². The van der Waals surface area contributed by atoms with Crippen molar-refractivity contribution in [2.75, 3.05) is 25.0 Å². The summed E-state index contributed by atoms with van der Waals surface area (Å²) in [6.07, 6.45) is 0.577. The van der Waals surface area contributed by atoms with Crippen molar-refractivity contribution in [2.45, 2.75) is 45.3 Å². The van der Waals surface area contributed by atoms with Gasteiger partial charge < -0.3 is 21.1 Å². The van der Waals surface area contributed by atoms with E-state index in [1.165, 1.54) is 0 Å². The van der Waals surface area contributed by atoms with Gasteiger partial charge in [-0.05, 0) is 58.7 Å². The zero-order valence-corrected chi connectivity index (χ0v) is 17.3. The zero-order chi connectivity index (χ0) is 22.5. The lowest BCUT2D eigenvalue weighted by atomic mass is 9.88. The normalized spacial score (nSPS) is 15.9. The Bertz CT molecular complexity index is 805. The van der Waals surface area contributed by atoms with Crippen LogP contribution in [0.2, 0.25) is 0 Å². The Morgan fingerprint density at radius 1 is 1.20 bits per heavy atom. The molecular weight excluding hydrogens is 398 g/mol. The van der Waals surface area contributed by atoms with Crippen LogP contribution in [0, 0.1) is 17.6 Å². The quantitative estimate of drug-likeness (QED) is 0.551. The summed E-state index contributed by atoms with van der Waals surface area (Å²) in [6, 6.07) is 0.599. The highest BCUT2D eigenvalue weighted by Crippen LogP contribution is 2.22. The number of anilines is 1. The van der Waals surface area contributed by atoms with Gasteiger partial charge in [-0.1, -0.05) is 0 Å². The van der Waals surface area contributed by atoms with Crippen molar-refractivity contribution < 1.29 is 27.9 Å². The highest BCUT2D eigenvalue weighted by Gasteiger charge is 2.27. The molecule has 2 amide bonds. The number of ether oxygens (including phenoxy) is 1. The topological polar surface area (TPSA) is 123 Å². The number of hydrogen-bond acceptors (Lipinski definition) is 6. The van der Waals surface area contributed by atoms with E-state index in [-0.39, 0.29) is 29.5 Å². The Kier molecular flexibility index (Phi) is 7.85. The molecule has 0 saturated carbocycles. The highest BCUT2D eigenvalue weighted by molar-refractivity contribution is 6.04. The molecule has 1 aliphatic heterocycles. The van der Waals surface area contributed by atoms with Crippen molar-refractivity contribution in [3.63, 3.8) is 0 Å². The smallest absolute Gasteiger partial charge is 0.412 e. The number of carbonyl (C=O) groups is 3. The first-order valence-electron chi connectivity index (χ1n) is 9.74. The Balaban J connectivity index is 2.07. The van der Waals surface area contributed by atoms with Gasteiger partial charge in [0.15, 0.2) is 17.4 Å². The predicted octanol–water partition coefficient (Wildman–Crippen LogP) is 1.94. The van der Waals surface area contributed by atoms with Crippen LogP contribution in [0.15, 0.2) is 12.1 Å². The summed E-state index contributed by atoms with van der Waals surface area (Å²) >= 11 is 0. The van der Waals surface area contributed by atoms with Crippen LogP contribution in [0.25, 0.3) is 0 Å². The number of amides is 2. The number of hydrogen-bond donors (Lipinski definition) is 4. The molecule has 5 N–H and O–H groups in total. The van der Waals surface area contributed by atoms with Crippen LogP contribution in [0.3, 0.4) is 0 Å². The maximum absolute atomic E-state index is 13.7. The third-order valence-electron chi connectivity index (χ3n) is 4.63. The molecule has 1 aromatic rings. The summed E-state index contributed by atoms with van der Waals surface area (Å²) < 4.78 is 32.4. The predicted molar refractivity (Wildman–Crippen MR) is 107 cm³/mol. The van der Waals surface area contributed by atoms with Gasteiger partial charge in [0, 0.05) is 6.07 Å². The molecule has 1 aliphatic rings. The van der Waals surface area contributed by atoms with Gasteiger partial charge in [-0.3, -0.25) is 14.9 Å². The van der Waals surface area contributed by atoms with Gasteiger partial charge in [0.1, 0.15) is 5.60 Å². The van der Waals surface area contributed by atoms with Crippen molar-refractivity contribution in [2.24, 2.45) is 11.7 Å². The van der Waals surface area contributed by atoms with E-state index in [0.29, 0.717) is 12.1 Å². The minimum absolute atomic E-state index is 0.0170. The highest BCUT2D eigenvalue weighted by atomic mass is 19.2. The second-order valence-corrected chi connectivity index (χ2v) is 8.20. The Hall–Kier alpha value is -2.59. The number of benzene rings is 1. The molecule has 10 heteroatoms. The minimum atomic E-state index is -1.27. The van der Waals surface area contributed by atoms with Crippen molar-refractivity contribution >= 4 is 23.5 Å². The standard InChI is InChI=1S/C20H28F2N4O4/c1-20(2,3)30-19(29)26-15-9-14(22)13(21)8-12(15)18(28)25-10-16(27)17(23)11-4-6-24-7-5-11/h8-9,11,17,24H,4-7,10,23H2,1-3H3,(H,25,28)(H,26,29). The largest absolute Gasteiger partial charge is 0.444 e. The third kappa shape index (κ3) is 6.74. The molecule has 2 rings (SSSR count). The van der Waals surface area contributed by atoms with Crippen LogP contribution in [0.1, 0.15) is 44.0 Å². The van der Waals surface area contributed by atoms with Gasteiger partial charge in [0.2, 0.25) is 0 Å². The molecule has 1 unspecified atom stereocenters. The van der Waals surface area contributed by atoms with E-state index >= 15 is 0 Å². The maximum atomic E-state index is 13.7. The van der Waals surface area contributed by atoms with Crippen LogP contribution in [0.4, 0.5) is 19.3 Å². The summed E-state index contributed by atoms with van der Waals surface area (Å²) in [6.45, 7) is 6.06. The minimum Gasteiger partial charge on any atom is -0.444 e. The van der Waals surface area contributed by atoms with Gasteiger partial charge in [-0.25, -0.2) is 13.6 Å². The number of piperidine rings is 1. The number of Topliss-reactive ketones (excluding diaryl/α,β-unsaturated/α-hetero) is 1. The molecule has 1 heterocycles. The van der Waals surface area contributed by atoms with E-state index in [1.807, 2.05) is 0 Å². The second-order valence-electron chi connectivity index (χ2n) is 8.20. The van der Waals surface area contributed by atoms with Crippen molar-refractivity contribution in [1.29, 1.82) is 0 Å². The van der Waals surface area contributed by atoms with E-state index in [2.05, 4.69) is 16.0 Å². The molecule has 0 radical (unpaired) electrons. The van der Waals surface area contributed by atoms with Crippen molar-refractivity contribution in [1.82, 2.24) is 10.6 Å². The summed E-state index contributed by atoms with van der Waals surface area (Å²) in [4.78, 5) is 36.8. The number of nitrogens with two attached hydrogens (primary N) is 1. The molecule has 0 bridgehead atoms. The van der Waals surface area contributed by atoms with E-state index in [4.69, 9.17) is 10.5 Å². The van der Waals surface area contributed by atoms with E-state index < -0.39 is 35.3 Å². The van der Waals surface area contributed by atoms with E-state index in [9.17, 15) is 23.2 Å². The van der Waals surface area contributed by atoms with Crippen molar-refractivity contribution in [3.05, 3.63) is 29.3 Å². The summed E-state index contributed by atoms with van der Waals surface area (Å²) in [5.74, 6) is -3.72. The number of nitrogens with one attached hydrogen (secondary N) is 3. The molecule has 1 aromatic carbocycles. The monoisotopic (exact) mass is 426 g/mol. The third-order valence-corrected chi connectivity index (χ3v) is 4.63. The van der Waals surface area contributed by atoms with E-state index in [1.54, 1.807) is 20.8 Å². The molecule has 0 aliphatic carbocycles. The molecule has 1 fully saturated rings. The molecule has 1 saturated heterocycles. The molecule has 166 valence electrons. The fourth-order valence-electron chi connectivity index (χ4n) is 3.10. The fraction of sp³-hybridized carbons (Fsp3) is 0.550. The Labute approximate surface area is 173 Å². The van der Waals surface area contributed by atoms with Gasteiger partial charge in [-0.15, -0.1) is 0 Å². The molecular formula is C20H28F2N4O4. The number of ketones is 1. The van der Waals surface area contributed by atoms with Gasteiger partial charge >= 0.3 is 6.09 Å². The lowest BCUT2D eigenvalue weighted by Crippen LogP contribution is -2.47. The van der Waals surface area contributed by atoms with Crippen LogP contribution in [-0.4, -0.2) is 49.1 Å². The van der Waals surface area contributed by atoms with Crippen LogP contribution < -0.4 is 21.7 Å². The van der Waals surface area contributed by atoms with Crippen molar-refractivity contribution in [3.8, 4) is 0 Å². The summed E-state index contributed by atoms with van der Waals surface area (Å²) in [5.41, 5.74) is 4.55. The lowest BCUT2D eigenvalue weighted by molar-refractivity contribution is -0.120.